The first-order valence-electron chi connectivity index (χ1n) is 12.3. The zero-order chi connectivity index (χ0) is 21.4. The Morgan fingerprint density at radius 1 is 0.967 bits per heavy atom. The molecule has 0 spiro atoms. The summed E-state index contributed by atoms with van der Waals surface area (Å²) in [6.45, 7) is 3.02. The summed E-state index contributed by atoms with van der Waals surface area (Å²) in [7, 11) is 1.41. The van der Waals surface area contributed by atoms with Crippen LogP contribution in [0.25, 0.3) is 6.08 Å². The number of hydrogen-bond donors (Lipinski definition) is 0. The number of ether oxygens (including phenoxy) is 2. The average Bonchev–Trinajstić information content (AvgIpc) is 3.30. The second kappa shape index (κ2) is 15.1. The first-order chi connectivity index (χ1) is 14.8. The maximum Gasteiger partial charge on any atom is 0.330 e. The van der Waals surface area contributed by atoms with E-state index in [1.807, 2.05) is 12.1 Å². The highest BCUT2D eigenvalue weighted by Crippen LogP contribution is 2.40. The van der Waals surface area contributed by atoms with Crippen LogP contribution in [0.4, 0.5) is 0 Å². The van der Waals surface area contributed by atoms with Crippen molar-refractivity contribution in [1.29, 1.82) is 0 Å². The van der Waals surface area contributed by atoms with E-state index in [-0.39, 0.29) is 5.97 Å². The van der Waals surface area contributed by atoms with E-state index >= 15 is 0 Å². The highest BCUT2D eigenvalue weighted by molar-refractivity contribution is 5.87. The van der Waals surface area contributed by atoms with Gasteiger partial charge in [-0.05, 0) is 36.8 Å². The molecule has 1 aliphatic rings. The molecule has 3 heteroatoms. The molecule has 168 valence electrons. The summed E-state index contributed by atoms with van der Waals surface area (Å²) in [5.41, 5.74) is 2.29. The van der Waals surface area contributed by atoms with E-state index in [0.717, 1.165) is 24.3 Å². The first kappa shape index (κ1) is 24.5. The van der Waals surface area contributed by atoms with Gasteiger partial charge in [0.1, 0.15) is 5.75 Å². The Morgan fingerprint density at radius 2 is 1.60 bits per heavy atom. The lowest BCUT2D eigenvalue weighted by Gasteiger charge is -2.18. The number of para-hydroxylation sites is 1. The monoisotopic (exact) mass is 414 g/mol. The standard InChI is InChI=1S/C27H42O3/c1-3-4-5-6-7-8-9-10-11-14-22-30-27-24(20-21-26(28)29-2)18-15-19-25(27)23-16-12-13-17-23/h15,18-21,23H,3-14,16-17,22H2,1-2H3/b21-20+. The molecule has 0 amide bonds. The van der Waals surface area contributed by atoms with Crippen molar-refractivity contribution in [2.75, 3.05) is 13.7 Å². The lowest BCUT2D eigenvalue weighted by Crippen LogP contribution is -2.05. The number of hydrogen-bond acceptors (Lipinski definition) is 3. The molecule has 0 radical (unpaired) electrons. The summed E-state index contributed by atoms with van der Waals surface area (Å²) in [5.74, 6) is 1.22. The van der Waals surface area contributed by atoms with Gasteiger partial charge in [-0.1, -0.05) is 95.8 Å². The van der Waals surface area contributed by atoms with Crippen molar-refractivity contribution >= 4 is 12.0 Å². The molecule has 2 rings (SSSR count). The van der Waals surface area contributed by atoms with Gasteiger partial charge < -0.3 is 9.47 Å². The Balaban J connectivity index is 1.81. The van der Waals surface area contributed by atoms with Crippen LogP contribution >= 0.6 is 0 Å². The van der Waals surface area contributed by atoms with Gasteiger partial charge in [-0.25, -0.2) is 4.79 Å². The third-order valence-corrected chi connectivity index (χ3v) is 6.22. The van der Waals surface area contributed by atoms with Crippen LogP contribution in [0.15, 0.2) is 24.3 Å². The van der Waals surface area contributed by atoms with Crippen LogP contribution in [-0.4, -0.2) is 19.7 Å². The minimum atomic E-state index is -0.332. The number of unbranched alkanes of at least 4 members (excludes halogenated alkanes) is 9. The summed E-state index contributed by atoms with van der Waals surface area (Å²) in [4.78, 5) is 11.5. The van der Waals surface area contributed by atoms with E-state index in [4.69, 9.17) is 9.47 Å². The molecule has 0 heterocycles. The van der Waals surface area contributed by atoms with Crippen LogP contribution < -0.4 is 4.74 Å². The topological polar surface area (TPSA) is 35.5 Å². The van der Waals surface area contributed by atoms with Gasteiger partial charge in [0.25, 0.3) is 0 Å². The van der Waals surface area contributed by atoms with Crippen molar-refractivity contribution in [3.05, 3.63) is 35.4 Å². The van der Waals surface area contributed by atoms with Crippen molar-refractivity contribution in [1.82, 2.24) is 0 Å². The fourth-order valence-corrected chi connectivity index (χ4v) is 4.42. The summed E-state index contributed by atoms with van der Waals surface area (Å²) < 4.78 is 11.1. The van der Waals surface area contributed by atoms with Gasteiger partial charge in [0.15, 0.2) is 0 Å². The Kier molecular flexibility index (Phi) is 12.3. The molecular weight excluding hydrogens is 372 g/mol. The van der Waals surface area contributed by atoms with Crippen LogP contribution in [0.1, 0.15) is 114 Å². The summed E-state index contributed by atoms with van der Waals surface area (Å²) in [6.07, 6.45) is 21.6. The minimum absolute atomic E-state index is 0.332. The first-order valence-corrected chi connectivity index (χ1v) is 12.3. The Morgan fingerprint density at radius 3 is 2.23 bits per heavy atom. The van der Waals surface area contributed by atoms with Crippen molar-refractivity contribution in [2.45, 2.75) is 103 Å². The third kappa shape index (κ3) is 8.93. The number of esters is 1. The maximum absolute atomic E-state index is 11.5. The van der Waals surface area contributed by atoms with Crippen LogP contribution in [0.5, 0.6) is 5.75 Å². The van der Waals surface area contributed by atoms with Crippen LogP contribution in [0.3, 0.4) is 0 Å². The molecule has 0 saturated heterocycles. The lowest BCUT2D eigenvalue weighted by molar-refractivity contribution is -0.134. The number of carbonyl (C=O) groups is 1. The van der Waals surface area contributed by atoms with Crippen molar-refractivity contribution in [3.63, 3.8) is 0 Å². The zero-order valence-corrected chi connectivity index (χ0v) is 19.3. The molecule has 1 aromatic carbocycles. The fraction of sp³-hybridized carbons (Fsp3) is 0.667. The molecule has 1 aromatic rings. The Labute approximate surface area is 184 Å². The predicted octanol–water partition coefficient (Wildman–Crippen LogP) is 7.83. The summed E-state index contributed by atoms with van der Waals surface area (Å²) >= 11 is 0. The molecule has 0 bridgehead atoms. The molecule has 3 nitrogen and oxygen atoms in total. The van der Waals surface area contributed by atoms with Gasteiger partial charge in [-0.15, -0.1) is 0 Å². The van der Waals surface area contributed by atoms with Gasteiger partial charge in [-0.3, -0.25) is 0 Å². The number of rotatable bonds is 15. The number of benzene rings is 1. The number of carbonyl (C=O) groups excluding carboxylic acids is 1. The van der Waals surface area contributed by atoms with E-state index in [1.165, 1.54) is 102 Å². The average molecular weight is 415 g/mol. The molecular formula is C27H42O3. The summed E-state index contributed by atoms with van der Waals surface area (Å²) in [5, 5.41) is 0. The SMILES string of the molecule is CCCCCCCCCCCCOc1c(/C=C/C(=O)OC)cccc1C1CCCC1. The van der Waals surface area contributed by atoms with Crippen LogP contribution in [-0.2, 0) is 9.53 Å². The molecule has 0 unspecified atom stereocenters. The molecule has 1 aliphatic carbocycles. The maximum atomic E-state index is 11.5. The van der Waals surface area contributed by atoms with Gasteiger partial charge in [0.2, 0.25) is 0 Å². The van der Waals surface area contributed by atoms with Crippen molar-refractivity contribution < 1.29 is 14.3 Å². The Bertz CT molecular complexity index is 629. The second-order valence-corrected chi connectivity index (χ2v) is 8.63. The number of methoxy groups -OCH3 is 1. The van der Waals surface area contributed by atoms with E-state index in [1.54, 1.807) is 0 Å². The van der Waals surface area contributed by atoms with Gasteiger partial charge in [0.05, 0.1) is 13.7 Å². The largest absolute Gasteiger partial charge is 0.493 e. The van der Waals surface area contributed by atoms with E-state index < -0.39 is 0 Å². The Hall–Kier alpha value is -1.77. The van der Waals surface area contributed by atoms with E-state index in [0.29, 0.717) is 5.92 Å². The van der Waals surface area contributed by atoms with Crippen LogP contribution in [0.2, 0.25) is 0 Å². The highest BCUT2D eigenvalue weighted by atomic mass is 16.5. The molecule has 0 aliphatic heterocycles. The minimum Gasteiger partial charge on any atom is -0.493 e. The highest BCUT2D eigenvalue weighted by Gasteiger charge is 2.22. The van der Waals surface area contributed by atoms with E-state index in [9.17, 15) is 4.79 Å². The molecule has 0 atom stereocenters. The van der Waals surface area contributed by atoms with Crippen LogP contribution in [0, 0.1) is 0 Å². The van der Waals surface area contributed by atoms with Gasteiger partial charge >= 0.3 is 5.97 Å². The lowest BCUT2D eigenvalue weighted by atomic mass is 9.94. The second-order valence-electron chi connectivity index (χ2n) is 8.63. The fourth-order valence-electron chi connectivity index (χ4n) is 4.42. The third-order valence-electron chi connectivity index (χ3n) is 6.22. The van der Waals surface area contributed by atoms with Gasteiger partial charge in [-0.2, -0.15) is 0 Å². The van der Waals surface area contributed by atoms with E-state index in [2.05, 4.69) is 19.1 Å². The normalized spacial score (nSPS) is 14.5. The molecule has 30 heavy (non-hydrogen) atoms. The predicted molar refractivity (Wildman–Crippen MR) is 126 cm³/mol. The molecule has 1 saturated carbocycles. The molecule has 0 N–H and O–H groups in total. The van der Waals surface area contributed by atoms with Crippen molar-refractivity contribution in [2.24, 2.45) is 0 Å². The zero-order valence-electron chi connectivity index (χ0n) is 19.3. The molecule has 0 aromatic heterocycles. The summed E-state index contributed by atoms with van der Waals surface area (Å²) in [6, 6.07) is 6.32. The van der Waals surface area contributed by atoms with Gasteiger partial charge in [0, 0.05) is 11.6 Å². The molecule has 1 fully saturated rings. The van der Waals surface area contributed by atoms with Crippen molar-refractivity contribution in [3.8, 4) is 5.75 Å². The smallest absolute Gasteiger partial charge is 0.330 e. The quantitative estimate of drug-likeness (QED) is 0.167.